The quantitative estimate of drug-likeness (QED) is 0.558. The molecule has 3 aromatic rings. The number of ether oxygens (including phenoxy) is 1. The largest absolute Gasteiger partial charge is 0.481 e. The summed E-state index contributed by atoms with van der Waals surface area (Å²) in [5, 5.41) is 6.30. The highest BCUT2D eigenvalue weighted by atomic mass is 79.9. The molecule has 2 aromatic carbocycles. The Labute approximate surface area is 173 Å². The number of anilines is 1. The van der Waals surface area contributed by atoms with Crippen LogP contribution in [0, 0.1) is 11.6 Å². The van der Waals surface area contributed by atoms with Crippen molar-refractivity contribution in [1.29, 1.82) is 0 Å². The average Bonchev–Trinajstić information content (AvgIpc) is 3.15. The van der Waals surface area contributed by atoms with E-state index in [1.807, 2.05) is 0 Å². The van der Waals surface area contributed by atoms with Gasteiger partial charge in [0.05, 0.1) is 5.69 Å². The number of hydrogen-bond donors (Lipinski definition) is 1. The van der Waals surface area contributed by atoms with Crippen LogP contribution in [-0.4, -0.2) is 34.7 Å². The summed E-state index contributed by atoms with van der Waals surface area (Å²) in [5.41, 5.74) is 0.0807. The summed E-state index contributed by atoms with van der Waals surface area (Å²) in [4.78, 5) is 17.7. The SMILES string of the molecule is CN(CCc1noc(COc2ccccc2F)n1)C(=O)Nc1ccc(Br)cc1F. The summed E-state index contributed by atoms with van der Waals surface area (Å²) in [7, 11) is 1.56. The predicted molar refractivity (Wildman–Crippen MR) is 104 cm³/mol. The molecule has 0 unspecified atom stereocenters. The Morgan fingerprint density at radius 3 is 2.79 bits per heavy atom. The molecule has 3 rings (SSSR count). The van der Waals surface area contributed by atoms with E-state index in [0.717, 1.165) is 0 Å². The van der Waals surface area contributed by atoms with Crippen LogP contribution < -0.4 is 10.1 Å². The lowest BCUT2D eigenvalue weighted by Crippen LogP contribution is -2.33. The van der Waals surface area contributed by atoms with E-state index in [9.17, 15) is 13.6 Å². The molecule has 0 aliphatic heterocycles. The highest BCUT2D eigenvalue weighted by Gasteiger charge is 2.14. The summed E-state index contributed by atoms with van der Waals surface area (Å²) >= 11 is 3.16. The standard InChI is InChI=1S/C19H17BrF2N4O3/c1-26(19(27)23-15-7-6-12(20)10-14(15)22)9-8-17-24-18(29-25-17)11-28-16-5-3-2-4-13(16)21/h2-7,10H,8-9,11H2,1H3,(H,23,27). The summed E-state index contributed by atoms with van der Waals surface area (Å²) in [6.45, 7) is 0.199. The summed E-state index contributed by atoms with van der Waals surface area (Å²) in [6.07, 6.45) is 0.315. The van der Waals surface area contributed by atoms with Crippen molar-refractivity contribution in [3.63, 3.8) is 0 Å². The summed E-state index contributed by atoms with van der Waals surface area (Å²) in [6, 6.07) is 9.88. The maximum absolute atomic E-state index is 13.8. The molecule has 0 saturated carbocycles. The van der Waals surface area contributed by atoms with Crippen LogP contribution in [0.2, 0.25) is 0 Å². The highest BCUT2D eigenvalue weighted by Crippen LogP contribution is 2.20. The Bertz CT molecular complexity index is 999. The molecular formula is C19H17BrF2N4O3. The minimum absolute atomic E-state index is 0.0763. The highest BCUT2D eigenvalue weighted by molar-refractivity contribution is 9.10. The van der Waals surface area contributed by atoms with Gasteiger partial charge in [0.25, 0.3) is 5.89 Å². The molecule has 1 aromatic heterocycles. The molecule has 0 aliphatic carbocycles. The number of aromatic nitrogens is 2. The molecule has 1 heterocycles. The van der Waals surface area contributed by atoms with Gasteiger partial charge in [-0.1, -0.05) is 33.2 Å². The van der Waals surface area contributed by atoms with Gasteiger partial charge in [0, 0.05) is 24.5 Å². The number of benzene rings is 2. The molecular weight excluding hydrogens is 450 g/mol. The van der Waals surface area contributed by atoms with E-state index in [-0.39, 0.29) is 30.5 Å². The van der Waals surface area contributed by atoms with Gasteiger partial charge in [-0.3, -0.25) is 0 Å². The number of amides is 2. The molecule has 7 nitrogen and oxygen atoms in total. The number of carbonyl (C=O) groups is 1. The molecule has 0 radical (unpaired) electrons. The Kier molecular flexibility index (Phi) is 6.76. The van der Waals surface area contributed by atoms with Crippen LogP contribution in [0.1, 0.15) is 11.7 Å². The number of rotatable bonds is 7. The van der Waals surface area contributed by atoms with E-state index >= 15 is 0 Å². The topological polar surface area (TPSA) is 80.5 Å². The number of hydrogen-bond acceptors (Lipinski definition) is 5. The average molecular weight is 467 g/mol. The van der Waals surface area contributed by atoms with Gasteiger partial charge in [0.1, 0.15) is 5.82 Å². The fraction of sp³-hybridized carbons (Fsp3) is 0.211. The molecule has 1 N–H and O–H groups in total. The van der Waals surface area contributed by atoms with Gasteiger partial charge < -0.3 is 19.5 Å². The van der Waals surface area contributed by atoms with Crippen molar-refractivity contribution in [1.82, 2.24) is 15.0 Å². The lowest BCUT2D eigenvalue weighted by molar-refractivity contribution is 0.222. The first-order chi connectivity index (χ1) is 13.9. The zero-order chi connectivity index (χ0) is 20.8. The Hall–Kier alpha value is -3.01. The van der Waals surface area contributed by atoms with Crippen molar-refractivity contribution in [2.24, 2.45) is 0 Å². The molecule has 0 spiro atoms. The Morgan fingerprint density at radius 1 is 1.24 bits per heavy atom. The number of carbonyl (C=O) groups excluding carboxylic acids is 1. The van der Waals surface area contributed by atoms with Crippen molar-refractivity contribution in [3.8, 4) is 5.75 Å². The third-order valence-electron chi connectivity index (χ3n) is 3.89. The van der Waals surface area contributed by atoms with Gasteiger partial charge in [0.2, 0.25) is 0 Å². The second-order valence-corrected chi connectivity index (χ2v) is 6.96. The van der Waals surface area contributed by atoms with Crippen LogP contribution >= 0.6 is 15.9 Å². The van der Waals surface area contributed by atoms with Crippen molar-refractivity contribution in [2.45, 2.75) is 13.0 Å². The lowest BCUT2D eigenvalue weighted by atomic mass is 10.3. The molecule has 0 bridgehead atoms. The van der Waals surface area contributed by atoms with Crippen molar-refractivity contribution in [3.05, 3.63) is 70.3 Å². The lowest BCUT2D eigenvalue weighted by Gasteiger charge is -2.17. The molecule has 0 atom stereocenters. The normalized spacial score (nSPS) is 10.6. The van der Waals surface area contributed by atoms with Crippen LogP contribution in [-0.2, 0) is 13.0 Å². The second-order valence-electron chi connectivity index (χ2n) is 6.05. The van der Waals surface area contributed by atoms with E-state index in [0.29, 0.717) is 16.7 Å². The van der Waals surface area contributed by atoms with E-state index in [2.05, 4.69) is 31.4 Å². The van der Waals surface area contributed by atoms with Crippen LogP contribution in [0.4, 0.5) is 19.3 Å². The summed E-state index contributed by atoms with van der Waals surface area (Å²) < 4.78 is 38.3. The number of halogens is 3. The molecule has 0 fully saturated rings. The number of nitrogens with zero attached hydrogens (tertiary/aromatic N) is 3. The van der Waals surface area contributed by atoms with E-state index in [1.165, 1.54) is 29.2 Å². The first-order valence-electron chi connectivity index (χ1n) is 8.58. The number of urea groups is 1. The number of nitrogens with one attached hydrogen (secondary N) is 1. The van der Waals surface area contributed by atoms with E-state index < -0.39 is 17.7 Å². The van der Waals surface area contributed by atoms with Gasteiger partial charge in [-0.2, -0.15) is 4.98 Å². The minimum atomic E-state index is -0.543. The monoisotopic (exact) mass is 466 g/mol. The van der Waals surface area contributed by atoms with Crippen molar-refractivity contribution >= 4 is 27.6 Å². The van der Waals surface area contributed by atoms with E-state index in [1.54, 1.807) is 25.2 Å². The van der Waals surface area contributed by atoms with Crippen LogP contribution in [0.5, 0.6) is 5.75 Å². The smallest absolute Gasteiger partial charge is 0.321 e. The van der Waals surface area contributed by atoms with Gasteiger partial charge in [-0.25, -0.2) is 13.6 Å². The molecule has 0 aliphatic rings. The first-order valence-corrected chi connectivity index (χ1v) is 9.37. The van der Waals surface area contributed by atoms with Crippen LogP contribution in [0.25, 0.3) is 0 Å². The van der Waals surface area contributed by atoms with Gasteiger partial charge in [-0.15, -0.1) is 0 Å². The van der Waals surface area contributed by atoms with Crippen LogP contribution in [0.3, 0.4) is 0 Å². The predicted octanol–water partition coefficient (Wildman–Crippen LogP) is 4.40. The summed E-state index contributed by atoms with van der Waals surface area (Å²) in [5.74, 6) is -0.386. The fourth-order valence-corrected chi connectivity index (χ4v) is 2.66. The zero-order valence-corrected chi connectivity index (χ0v) is 16.9. The Balaban J connectivity index is 1.48. The van der Waals surface area contributed by atoms with Crippen LogP contribution in [0.15, 0.2) is 51.5 Å². The first kappa shape index (κ1) is 20.7. The molecule has 29 heavy (non-hydrogen) atoms. The number of para-hydroxylation sites is 1. The third-order valence-corrected chi connectivity index (χ3v) is 4.38. The maximum atomic E-state index is 13.8. The minimum Gasteiger partial charge on any atom is -0.481 e. The molecule has 2 amide bonds. The van der Waals surface area contributed by atoms with Gasteiger partial charge >= 0.3 is 6.03 Å². The second kappa shape index (κ2) is 9.46. The molecule has 0 saturated heterocycles. The molecule has 152 valence electrons. The third kappa shape index (κ3) is 5.74. The molecule has 10 heteroatoms. The van der Waals surface area contributed by atoms with Gasteiger partial charge in [-0.05, 0) is 30.3 Å². The maximum Gasteiger partial charge on any atom is 0.321 e. The van der Waals surface area contributed by atoms with E-state index in [4.69, 9.17) is 9.26 Å². The Morgan fingerprint density at radius 2 is 2.03 bits per heavy atom. The fourth-order valence-electron chi connectivity index (χ4n) is 2.32. The van der Waals surface area contributed by atoms with Crippen molar-refractivity contribution in [2.75, 3.05) is 18.9 Å². The van der Waals surface area contributed by atoms with Crippen molar-refractivity contribution < 1.29 is 22.8 Å². The zero-order valence-electron chi connectivity index (χ0n) is 15.4. The number of likely N-dealkylation sites (N-methyl/N-ethyl adjacent to an activating group) is 1. The van der Waals surface area contributed by atoms with Gasteiger partial charge in [0.15, 0.2) is 24.0 Å².